The van der Waals surface area contributed by atoms with E-state index in [0.717, 1.165) is 41.2 Å². The maximum Gasteiger partial charge on any atom is 0.138 e. The van der Waals surface area contributed by atoms with E-state index in [9.17, 15) is 0 Å². The quantitative estimate of drug-likeness (QED) is 0.894. The second kappa shape index (κ2) is 5.27. The molecule has 0 unspecified atom stereocenters. The Morgan fingerprint density at radius 2 is 2.21 bits per heavy atom. The summed E-state index contributed by atoms with van der Waals surface area (Å²) in [5, 5.41) is 6.75. The molecule has 2 heterocycles. The van der Waals surface area contributed by atoms with Crippen LogP contribution in [0.1, 0.15) is 16.8 Å². The maximum absolute atomic E-state index is 4.37. The molecule has 3 rings (SSSR count). The molecule has 0 amide bonds. The number of hydrogen-bond acceptors (Lipinski definition) is 4. The van der Waals surface area contributed by atoms with Crippen LogP contribution in [0.4, 0.5) is 11.5 Å². The lowest BCUT2D eigenvalue weighted by Crippen LogP contribution is -2.25. The van der Waals surface area contributed by atoms with Gasteiger partial charge >= 0.3 is 0 Å². The molecule has 4 nitrogen and oxygen atoms in total. The molecule has 2 aromatic rings. The van der Waals surface area contributed by atoms with Crippen molar-refractivity contribution >= 4 is 27.4 Å². The van der Waals surface area contributed by atoms with E-state index in [1.807, 2.05) is 12.1 Å². The molecule has 0 aliphatic carbocycles. The molecular weight excluding hydrogens is 304 g/mol. The van der Waals surface area contributed by atoms with Gasteiger partial charge in [-0.15, -0.1) is 0 Å². The minimum atomic E-state index is 0.827. The van der Waals surface area contributed by atoms with Crippen LogP contribution in [0.2, 0.25) is 0 Å². The second-order valence-electron chi connectivity index (χ2n) is 4.66. The first kappa shape index (κ1) is 12.6. The molecule has 0 fully saturated rings. The molecule has 1 aliphatic heterocycles. The van der Waals surface area contributed by atoms with Gasteiger partial charge < -0.3 is 10.6 Å². The Balaban J connectivity index is 1.92. The zero-order chi connectivity index (χ0) is 13.2. The number of aryl methyl sites for hydroxylation is 1. The molecule has 0 spiro atoms. The van der Waals surface area contributed by atoms with Gasteiger partial charge in [-0.2, -0.15) is 0 Å². The second-order valence-corrected chi connectivity index (χ2v) is 5.52. The monoisotopic (exact) mass is 318 g/mol. The van der Waals surface area contributed by atoms with E-state index >= 15 is 0 Å². The van der Waals surface area contributed by atoms with Crippen molar-refractivity contribution in [3.63, 3.8) is 0 Å². The van der Waals surface area contributed by atoms with Gasteiger partial charge in [-0.1, -0.05) is 15.9 Å². The van der Waals surface area contributed by atoms with Crippen LogP contribution >= 0.6 is 15.9 Å². The van der Waals surface area contributed by atoms with Gasteiger partial charge in [-0.25, -0.2) is 9.97 Å². The van der Waals surface area contributed by atoms with Crippen LogP contribution in [0.15, 0.2) is 29.0 Å². The minimum Gasteiger partial charge on any atom is -0.340 e. The molecule has 0 radical (unpaired) electrons. The number of halogens is 1. The van der Waals surface area contributed by atoms with Crippen molar-refractivity contribution in [2.75, 3.05) is 11.9 Å². The number of benzene rings is 1. The Kier molecular flexibility index (Phi) is 3.48. The van der Waals surface area contributed by atoms with Gasteiger partial charge in [0.1, 0.15) is 12.1 Å². The van der Waals surface area contributed by atoms with Crippen molar-refractivity contribution in [1.82, 2.24) is 15.3 Å². The summed E-state index contributed by atoms with van der Waals surface area (Å²) in [5.41, 5.74) is 4.57. The summed E-state index contributed by atoms with van der Waals surface area (Å²) in [7, 11) is 0. The highest BCUT2D eigenvalue weighted by Crippen LogP contribution is 2.25. The van der Waals surface area contributed by atoms with Crippen LogP contribution in [0.25, 0.3) is 0 Å². The summed E-state index contributed by atoms with van der Waals surface area (Å²) >= 11 is 3.51. The first-order valence-electron chi connectivity index (χ1n) is 6.30. The van der Waals surface area contributed by atoms with E-state index in [2.05, 4.69) is 49.5 Å². The number of hydrogen-bond donors (Lipinski definition) is 2. The highest BCUT2D eigenvalue weighted by Gasteiger charge is 2.15. The molecule has 0 saturated carbocycles. The Morgan fingerprint density at radius 1 is 1.32 bits per heavy atom. The zero-order valence-corrected chi connectivity index (χ0v) is 12.3. The highest BCUT2D eigenvalue weighted by atomic mass is 79.9. The Bertz CT molecular complexity index is 612. The molecule has 1 aromatic carbocycles. The standard InChI is InChI=1S/C14H15BrN4/c1-9-6-10(2-3-12(9)15)19-14-11-7-16-5-4-13(11)17-8-18-14/h2-3,6,8,16H,4-5,7H2,1H3,(H,17,18,19). The minimum absolute atomic E-state index is 0.827. The molecule has 0 atom stereocenters. The number of aromatic nitrogens is 2. The number of rotatable bonds is 2. The van der Waals surface area contributed by atoms with E-state index in [0.29, 0.717) is 0 Å². The lowest BCUT2D eigenvalue weighted by Gasteiger charge is -2.19. The SMILES string of the molecule is Cc1cc(Nc2ncnc3c2CNCC3)ccc1Br. The molecule has 98 valence electrons. The van der Waals surface area contributed by atoms with Crippen molar-refractivity contribution in [2.45, 2.75) is 19.9 Å². The lowest BCUT2D eigenvalue weighted by molar-refractivity contribution is 0.628. The highest BCUT2D eigenvalue weighted by molar-refractivity contribution is 9.10. The summed E-state index contributed by atoms with van der Waals surface area (Å²) in [6.45, 7) is 3.89. The van der Waals surface area contributed by atoms with Gasteiger partial charge in [0.25, 0.3) is 0 Å². The van der Waals surface area contributed by atoms with E-state index < -0.39 is 0 Å². The average Bonchev–Trinajstić information content (AvgIpc) is 2.43. The summed E-state index contributed by atoms with van der Waals surface area (Å²) in [5.74, 6) is 0.902. The molecule has 5 heteroatoms. The first-order chi connectivity index (χ1) is 9.24. The van der Waals surface area contributed by atoms with Crippen LogP contribution in [0, 0.1) is 6.92 Å². The average molecular weight is 319 g/mol. The number of nitrogens with one attached hydrogen (secondary N) is 2. The van der Waals surface area contributed by atoms with Crippen LogP contribution in [0.3, 0.4) is 0 Å². The van der Waals surface area contributed by atoms with Crippen molar-refractivity contribution in [3.8, 4) is 0 Å². The van der Waals surface area contributed by atoms with Crippen LogP contribution < -0.4 is 10.6 Å². The molecule has 1 aromatic heterocycles. The Morgan fingerprint density at radius 3 is 3.05 bits per heavy atom. The fourth-order valence-corrected chi connectivity index (χ4v) is 2.48. The molecule has 0 saturated heterocycles. The van der Waals surface area contributed by atoms with E-state index in [4.69, 9.17) is 0 Å². The van der Waals surface area contributed by atoms with Gasteiger partial charge in [0.2, 0.25) is 0 Å². The molecule has 19 heavy (non-hydrogen) atoms. The third-order valence-corrected chi connectivity index (χ3v) is 4.19. The number of anilines is 2. The topological polar surface area (TPSA) is 49.8 Å². The lowest BCUT2D eigenvalue weighted by atomic mass is 10.1. The first-order valence-corrected chi connectivity index (χ1v) is 7.10. The van der Waals surface area contributed by atoms with Crippen molar-refractivity contribution in [3.05, 3.63) is 45.8 Å². The Hall–Kier alpha value is -1.46. The number of nitrogens with zero attached hydrogens (tertiary/aromatic N) is 2. The van der Waals surface area contributed by atoms with Gasteiger partial charge in [-0.05, 0) is 30.7 Å². The zero-order valence-electron chi connectivity index (χ0n) is 10.7. The predicted molar refractivity (Wildman–Crippen MR) is 79.6 cm³/mol. The van der Waals surface area contributed by atoms with E-state index in [-0.39, 0.29) is 0 Å². The van der Waals surface area contributed by atoms with Crippen LogP contribution in [-0.2, 0) is 13.0 Å². The van der Waals surface area contributed by atoms with Gasteiger partial charge in [0.05, 0.1) is 5.69 Å². The maximum atomic E-state index is 4.37. The number of fused-ring (bicyclic) bond motifs is 1. The summed E-state index contributed by atoms with van der Waals surface area (Å²) in [6, 6.07) is 6.19. The van der Waals surface area contributed by atoms with Crippen LogP contribution in [0.5, 0.6) is 0 Å². The molecular formula is C14H15BrN4. The molecule has 2 N–H and O–H groups in total. The fourth-order valence-electron chi connectivity index (χ4n) is 2.24. The normalized spacial score (nSPS) is 14.0. The molecule has 0 bridgehead atoms. The third-order valence-electron chi connectivity index (χ3n) is 3.30. The van der Waals surface area contributed by atoms with E-state index in [1.54, 1.807) is 6.33 Å². The summed E-state index contributed by atoms with van der Waals surface area (Å²) < 4.78 is 1.12. The van der Waals surface area contributed by atoms with Gasteiger partial charge in [-0.3, -0.25) is 0 Å². The fraction of sp³-hybridized carbons (Fsp3) is 0.286. The van der Waals surface area contributed by atoms with E-state index in [1.165, 1.54) is 11.1 Å². The van der Waals surface area contributed by atoms with Crippen molar-refractivity contribution in [1.29, 1.82) is 0 Å². The Labute approximate surface area is 120 Å². The van der Waals surface area contributed by atoms with Gasteiger partial charge in [0, 0.05) is 35.2 Å². The predicted octanol–water partition coefficient (Wildman–Crippen LogP) is 2.94. The van der Waals surface area contributed by atoms with Crippen molar-refractivity contribution < 1.29 is 0 Å². The summed E-state index contributed by atoms with van der Waals surface area (Å²) in [4.78, 5) is 8.72. The smallest absolute Gasteiger partial charge is 0.138 e. The summed E-state index contributed by atoms with van der Waals surface area (Å²) in [6.07, 6.45) is 2.60. The van der Waals surface area contributed by atoms with Gasteiger partial charge in [0.15, 0.2) is 0 Å². The van der Waals surface area contributed by atoms with Crippen LogP contribution in [-0.4, -0.2) is 16.5 Å². The third kappa shape index (κ3) is 2.62. The largest absolute Gasteiger partial charge is 0.340 e. The molecule has 1 aliphatic rings. The van der Waals surface area contributed by atoms with Crippen molar-refractivity contribution in [2.24, 2.45) is 0 Å².